The van der Waals surface area contributed by atoms with Crippen molar-refractivity contribution in [1.29, 1.82) is 0 Å². The zero-order chi connectivity index (χ0) is 14.2. The first-order chi connectivity index (χ1) is 9.85. The molecule has 1 aromatic rings. The monoisotopic (exact) mass is 279 g/mol. The summed E-state index contributed by atoms with van der Waals surface area (Å²) in [4.78, 5) is 0. The molecule has 3 heteroatoms. The molecule has 1 saturated carbocycles. The molecule has 0 aromatic carbocycles. The fraction of sp³-hybridized carbons (Fsp3) is 0.765. The minimum Gasteiger partial charge on any atom is -0.468 e. The van der Waals surface area contributed by atoms with E-state index in [9.17, 15) is 0 Å². The van der Waals surface area contributed by atoms with E-state index in [1.807, 2.05) is 6.07 Å². The second-order valence-electron chi connectivity index (χ2n) is 5.85. The van der Waals surface area contributed by atoms with Crippen molar-refractivity contribution in [3.63, 3.8) is 0 Å². The number of hydrogen-bond donors (Lipinski definition) is 1. The van der Waals surface area contributed by atoms with E-state index < -0.39 is 0 Å². The van der Waals surface area contributed by atoms with Crippen molar-refractivity contribution in [2.75, 3.05) is 6.54 Å². The Morgan fingerprint density at radius 2 is 2.15 bits per heavy atom. The molecule has 2 unspecified atom stereocenters. The summed E-state index contributed by atoms with van der Waals surface area (Å²) < 4.78 is 11.8. The maximum absolute atomic E-state index is 6.19. The summed E-state index contributed by atoms with van der Waals surface area (Å²) in [7, 11) is 0. The molecule has 1 N–H and O–H groups in total. The Morgan fingerprint density at radius 3 is 2.95 bits per heavy atom. The number of ether oxygens (including phenoxy) is 1. The van der Waals surface area contributed by atoms with Gasteiger partial charge in [0.2, 0.25) is 0 Å². The first-order valence-corrected chi connectivity index (χ1v) is 8.22. The van der Waals surface area contributed by atoms with E-state index in [1.165, 1.54) is 37.7 Å². The zero-order valence-electron chi connectivity index (χ0n) is 13.0. The lowest BCUT2D eigenvalue weighted by Gasteiger charge is -2.30. The van der Waals surface area contributed by atoms with Crippen LogP contribution in [-0.4, -0.2) is 12.6 Å². The summed E-state index contributed by atoms with van der Waals surface area (Å²) in [5.74, 6) is 1.78. The summed E-state index contributed by atoms with van der Waals surface area (Å²) in [5.41, 5.74) is 1.20. The van der Waals surface area contributed by atoms with Gasteiger partial charge in [-0.1, -0.05) is 33.1 Å². The minimum absolute atomic E-state index is 0.445. The van der Waals surface area contributed by atoms with Crippen LogP contribution in [0.3, 0.4) is 0 Å². The molecule has 2 rings (SSSR count). The molecule has 1 aromatic heterocycles. The third-order valence-corrected chi connectivity index (χ3v) is 4.37. The second kappa shape index (κ2) is 8.48. The summed E-state index contributed by atoms with van der Waals surface area (Å²) in [5, 5.41) is 3.39. The van der Waals surface area contributed by atoms with Crippen LogP contribution < -0.4 is 5.32 Å². The minimum atomic E-state index is 0.445. The highest BCUT2D eigenvalue weighted by atomic mass is 16.5. The fourth-order valence-electron chi connectivity index (χ4n) is 3.09. The van der Waals surface area contributed by atoms with Gasteiger partial charge in [0, 0.05) is 5.56 Å². The Morgan fingerprint density at radius 1 is 1.30 bits per heavy atom. The Bertz CT molecular complexity index is 375. The van der Waals surface area contributed by atoms with Gasteiger partial charge < -0.3 is 14.5 Å². The van der Waals surface area contributed by atoms with Gasteiger partial charge in [0.15, 0.2) is 0 Å². The lowest BCUT2D eigenvalue weighted by molar-refractivity contribution is -0.0226. The van der Waals surface area contributed by atoms with Crippen LogP contribution in [0.15, 0.2) is 16.7 Å². The third kappa shape index (κ3) is 4.35. The normalized spacial score (nSPS) is 23.1. The number of furan rings is 1. The van der Waals surface area contributed by atoms with Crippen molar-refractivity contribution in [1.82, 2.24) is 5.32 Å². The molecule has 1 fully saturated rings. The number of hydrogen-bond acceptors (Lipinski definition) is 3. The van der Waals surface area contributed by atoms with Gasteiger partial charge in [-0.15, -0.1) is 0 Å². The zero-order valence-corrected chi connectivity index (χ0v) is 13.0. The molecule has 1 heterocycles. The van der Waals surface area contributed by atoms with Crippen LogP contribution in [0.2, 0.25) is 0 Å². The van der Waals surface area contributed by atoms with Gasteiger partial charge in [-0.3, -0.25) is 0 Å². The van der Waals surface area contributed by atoms with Crippen LogP contribution in [0, 0.1) is 5.92 Å². The third-order valence-electron chi connectivity index (χ3n) is 4.37. The highest BCUT2D eigenvalue weighted by molar-refractivity contribution is 5.15. The van der Waals surface area contributed by atoms with Gasteiger partial charge >= 0.3 is 0 Å². The predicted molar refractivity (Wildman–Crippen MR) is 81.5 cm³/mol. The predicted octanol–water partition coefficient (Wildman–Crippen LogP) is 4.26. The largest absolute Gasteiger partial charge is 0.468 e. The highest BCUT2D eigenvalue weighted by Gasteiger charge is 2.24. The quantitative estimate of drug-likeness (QED) is 0.722. The average Bonchev–Trinajstić information content (AvgIpc) is 2.93. The lowest BCUT2D eigenvalue weighted by Crippen LogP contribution is -2.27. The van der Waals surface area contributed by atoms with Gasteiger partial charge in [0.25, 0.3) is 0 Å². The van der Waals surface area contributed by atoms with E-state index in [4.69, 9.17) is 9.15 Å². The van der Waals surface area contributed by atoms with Crippen LogP contribution >= 0.6 is 0 Å². The van der Waals surface area contributed by atoms with E-state index >= 15 is 0 Å². The Balaban J connectivity index is 1.82. The summed E-state index contributed by atoms with van der Waals surface area (Å²) >= 11 is 0. The summed E-state index contributed by atoms with van der Waals surface area (Å²) in [6, 6.07) is 2.05. The van der Waals surface area contributed by atoms with Crippen molar-refractivity contribution in [3.8, 4) is 0 Å². The second-order valence-corrected chi connectivity index (χ2v) is 5.85. The van der Waals surface area contributed by atoms with Gasteiger partial charge in [-0.05, 0) is 37.8 Å². The van der Waals surface area contributed by atoms with Gasteiger partial charge in [0.05, 0.1) is 25.5 Å². The standard InChI is InChI=1S/C17H29NO2/c1-3-10-18-12-17-15(9-11-19-17)13-20-16-8-6-5-7-14(16)4-2/h9,11,14,16,18H,3-8,10,12-13H2,1-2H3. The molecule has 114 valence electrons. The molecule has 0 bridgehead atoms. The number of nitrogens with one attached hydrogen (secondary N) is 1. The van der Waals surface area contributed by atoms with Gasteiger partial charge in [0.1, 0.15) is 5.76 Å². The van der Waals surface area contributed by atoms with E-state index in [-0.39, 0.29) is 0 Å². The van der Waals surface area contributed by atoms with Crippen LogP contribution in [-0.2, 0) is 17.9 Å². The smallest absolute Gasteiger partial charge is 0.123 e. The van der Waals surface area contributed by atoms with Crippen molar-refractivity contribution >= 4 is 0 Å². The summed E-state index contributed by atoms with van der Waals surface area (Å²) in [6.45, 7) is 6.99. The molecule has 20 heavy (non-hydrogen) atoms. The van der Waals surface area contributed by atoms with E-state index in [0.29, 0.717) is 12.7 Å². The summed E-state index contributed by atoms with van der Waals surface area (Å²) in [6.07, 6.45) is 9.85. The van der Waals surface area contributed by atoms with Gasteiger partial charge in [-0.2, -0.15) is 0 Å². The molecule has 0 radical (unpaired) electrons. The molecule has 2 atom stereocenters. The first kappa shape index (κ1) is 15.6. The molecule has 0 saturated heterocycles. The van der Waals surface area contributed by atoms with Crippen LogP contribution in [0.5, 0.6) is 0 Å². The van der Waals surface area contributed by atoms with Crippen molar-refractivity contribution in [2.24, 2.45) is 5.92 Å². The van der Waals surface area contributed by atoms with Crippen LogP contribution in [0.1, 0.15) is 63.7 Å². The maximum atomic E-state index is 6.19. The Kier molecular flexibility index (Phi) is 6.61. The van der Waals surface area contributed by atoms with Crippen LogP contribution in [0.4, 0.5) is 0 Å². The topological polar surface area (TPSA) is 34.4 Å². The Hall–Kier alpha value is -0.800. The first-order valence-electron chi connectivity index (χ1n) is 8.22. The molecular weight excluding hydrogens is 250 g/mol. The van der Waals surface area contributed by atoms with Gasteiger partial charge in [-0.25, -0.2) is 0 Å². The fourth-order valence-corrected chi connectivity index (χ4v) is 3.09. The molecule has 0 spiro atoms. The average molecular weight is 279 g/mol. The maximum Gasteiger partial charge on any atom is 0.123 e. The van der Waals surface area contributed by atoms with Crippen LogP contribution in [0.25, 0.3) is 0 Å². The molecular formula is C17H29NO2. The van der Waals surface area contributed by atoms with Crippen molar-refractivity contribution in [2.45, 2.75) is 71.6 Å². The van der Waals surface area contributed by atoms with Crippen molar-refractivity contribution < 1.29 is 9.15 Å². The highest BCUT2D eigenvalue weighted by Crippen LogP contribution is 2.30. The lowest BCUT2D eigenvalue weighted by atomic mass is 9.85. The van der Waals surface area contributed by atoms with E-state index in [2.05, 4.69) is 19.2 Å². The Labute approximate surface area is 123 Å². The molecule has 3 nitrogen and oxygen atoms in total. The van der Waals surface area contributed by atoms with Crippen molar-refractivity contribution in [3.05, 3.63) is 23.7 Å². The van der Waals surface area contributed by atoms with E-state index in [0.717, 1.165) is 31.2 Å². The molecule has 1 aliphatic rings. The molecule has 1 aliphatic carbocycles. The molecule has 0 amide bonds. The SMILES string of the molecule is CCCNCc1occc1COC1CCCCC1CC. The van der Waals surface area contributed by atoms with E-state index in [1.54, 1.807) is 6.26 Å². The number of rotatable bonds is 8. The molecule has 0 aliphatic heterocycles.